The minimum atomic E-state index is 0.369. The first kappa shape index (κ1) is 10.0. The highest BCUT2D eigenvalue weighted by Crippen LogP contribution is 2.27. The third-order valence-corrected chi connectivity index (χ3v) is 3.28. The number of hydrogen-bond donors (Lipinski definition) is 0. The number of likely N-dealkylation sites (tertiary alicyclic amines) is 1. The van der Waals surface area contributed by atoms with Crippen LogP contribution in [-0.2, 0) is 0 Å². The van der Waals surface area contributed by atoms with Crippen molar-refractivity contribution in [3.05, 3.63) is 0 Å². The molecule has 0 aliphatic carbocycles. The molecule has 1 aliphatic rings. The smallest absolute Gasteiger partial charge is 0.0125 e. The van der Waals surface area contributed by atoms with Crippen molar-refractivity contribution in [3.8, 4) is 0 Å². The van der Waals surface area contributed by atoms with Gasteiger partial charge >= 0.3 is 0 Å². The van der Waals surface area contributed by atoms with Crippen molar-refractivity contribution in [2.24, 2.45) is 11.8 Å². The fourth-order valence-corrected chi connectivity index (χ4v) is 1.87. The van der Waals surface area contributed by atoms with E-state index in [9.17, 15) is 0 Å². The lowest BCUT2D eigenvalue weighted by molar-refractivity contribution is 0.0584. The lowest BCUT2D eigenvalue weighted by atomic mass is 9.86. The highest BCUT2D eigenvalue weighted by Gasteiger charge is 2.29. The Morgan fingerprint density at radius 2 is 1.67 bits per heavy atom. The predicted molar refractivity (Wildman–Crippen MR) is 54.3 cm³/mol. The molecule has 0 bridgehead atoms. The van der Waals surface area contributed by atoms with Crippen molar-refractivity contribution in [2.45, 2.75) is 46.6 Å². The number of piperidine rings is 1. The molecule has 1 aliphatic heterocycles. The molecule has 2 unspecified atom stereocenters. The van der Waals surface area contributed by atoms with Crippen LogP contribution in [0.5, 0.6) is 0 Å². The average molecular weight is 169 g/mol. The first-order valence-electron chi connectivity index (χ1n) is 5.16. The molecule has 1 rings (SSSR count). The first-order chi connectivity index (χ1) is 5.41. The average Bonchev–Trinajstić information content (AvgIpc) is 1.92. The Hall–Kier alpha value is -0.0400. The molecular formula is C11H23N. The molecule has 0 saturated carbocycles. The third-order valence-electron chi connectivity index (χ3n) is 3.28. The van der Waals surface area contributed by atoms with E-state index < -0.39 is 0 Å². The van der Waals surface area contributed by atoms with Gasteiger partial charge in [0.05, 0.1) is 0 Å². The van der Waals surface area contributed by atoms with E-state index in [0.717, 1.165) is 11.8 Å². The lowest BCUT2D eigenvalue weighted by Crippen LogP contribution is -2.48. The maximum Gasteiger partial charge on any atom is 0.0125 e. The SMILES string of the molecule is CC1CCN(C(C)(C)C)CC1C. The molecule has 0 amide bonds. The Bertz CT molecular complexity index is 146. The summed E-state index contributed by atoms with van der Waals surface area (Å²) in [7, 11) is 0. The third kappa shape index (κ3) is 2.22. The van der Waals surface area contributed by atoms with Gasteiger partial charge in [0.2, 0.25) is 0 Å². The van der Waals surface area contributed by atoms with Gasteiger partial charge in [0.25, 0.3) is 0 Å². The normalized spacial score (nSPS) is 33.8. The number of rotatable bonds is 0. The van der Waals surface area contributed by atoms with Gasteiger partial charge < -0.3 is 0 Å². The van der Waals surface area contributed by atoms with Gasteiger partial charge in [-0.25, -0.2) is 0 Å². The van der Waals surface area contributed by atoms with Crippen molar-refractivity contribution in [1.82, 2.24) is 4.90 Å². The fourth-order valence-electron chi connectivity index (χ4n) is 1.87. The van der Waals surface area contributed by atoms with Gasteiger partial charge in [-0.05, 0) is 45.6 Å². The van der Waals surface area contributed by atoms with Crippen LogP contribution in [0.25, 0.3) is 0 Å². The minimum absolute atomic E-state index is 0.369. The molecule has 0 N–H and O–H groups in total. The first-order valence-corrected chi connectivity index (χ1v) is 5.16. The second kappa shape index (κ2) is 3.37. The Labute approximate surface area is 77.1 Å². The van der Waals surface area contributed by atoms with Gasteiger partial charge in [0.15, 0.2) is 0 Å². The van der Waals surface area contributed by atoms with Crippen molar-refractivity contribution in [1.29, 1.82) is 0 Å². The van der Waals surface area contributed by atoms with Crippen molar-refractivity contribution in [2.75, 3.05) is 13.1 Å². The highest BCUT2D eigenvalue weighted by molar-refractivity contribution is 4.83. The van der Waals surface area contributed by atoms with Crippen LogP contribution in [0, 0.1) is 11.8 Å². The largest absolute Gasteiger partial charge is 0.298 e. The molecule has 0 aromatic rings. The van der Waals surface area contributed by atoms with Gasteiger partial charge in [0, 0.05) is 12.1 Å². The molecule has 0 spiro atoms. The van der Waals surface area contributed by atoms with E-state index >= 15 is 0 Å². The van der Waals surface area contributed by atoms with Crippen LogP contribution in [0.2, 0.25) is 0 Å². The second-order valence-electron chi connectivity index (χ2n) is 5.36. The molecule has 0 aromatic carbocycles. The van der Waals surface area contributed by atoms with Crippen molar-refractivity contribution >= 4 is 0 Å². The van der Waals surface area contributed by atoms with E-state index in [4.69, 9.17) is 0 Å². The predicted octanol–water partition coefficient (Wildman–Crippen LogP) is 2.76. The summed E-state index contributed by atoms with van der Waals surface area (Å²) in [6.07, 6.45) is 1.37. The maximum absolute atomic E-state index is 2.61. The van der Waals surface area contributed by atoms with Crippen molar-refractivity contribution < 1.29 is 0 Å². The van der Waals surface area contributed by atoms with E-state index in [2.05, 4.69) is 39.5 Å². The van der Waals surface area contributed by atoms with Gasteiger partial charge in [0.1, 0.15) is 0 Å². The summed E-state index contributed by atoms with van der Waals surface area (Å²) >= 11 is 0. The topological polar surface area (TPSA) is 3.24 Å². The summed E-state index contributed by atoms with van der Waals surface area (Å²) in [4.78, 5) is 2.61. The molecule has 12 heavy (non-hydrogen) atoms. The molecule has 1 saturated heterocycles. The van der Waals surface area contributed by atoms with Gasteiger partial charge in [-0.3, -0.25) is 4.90 Å². The Kier molecular flexibility index (Phi) is 2.82. The summed E-state index contributed by atoms with van der Waals surface area (Å²) in [5, 5.41) is 0. The van der Waals surface area contributed by atoms with E-state index in [1.54, 1.807) is 0 Å². The molecule has 1 heteroatoms. The highest BCUT2D eigenvalue weighted by atomic mass is 15.2. The van der Waals surface area contributed by atoms with Gasteiger partial charge in [-0.2, -0.15) is 0 Å². The van der Waals surface area contributed by atoms with E-state index in [1.807, 2.05) is 0 Å². The van der Waals surface area contributed by atoms with Crippen LogP contribution >= 0.6 is 0 Å². The molecule has 1 heterocycles. The molecule has 0 radical (unpaired) electrons. The standard InChI is InChI=1S/C11H23N/c1-9-6-7-12(8-10(9)2)11(3,4)5/h9-10H,6-8H2,1-5H3. The molecule has 1 fully saturated rings. The zero-order valence-electron chi connectivity index (χ0n) is 9.22. The van der Waals surface area contributed by atoms with Crippen LogP contribution in [0.3, 0.4) is 0 Å². The van der Waals surface area contributed by atoms with Gasteiger partial charge in [-0.1, -0.05) is 13.8 Å². The molecular weight excluding hydrogens is 146 g/mol. The number of nitrogens with zero attached hydrogens (tertiary/aromatic N) is 1. The van der Waals surface area contributed by atoms with Crippen LogP contribution in [-0.4, -0.2) is 23.5 Å². The summed E-state index contributed by atoms with van der Waals surface area (Å²) in [6, 6.07) is 0. The molecule has 1 nitrogen and oxygen atoms in total. The zero-order chi connectivity index (χ0) is 9.35. The maximum atomic E-state index is 2.61. The number of hydrogen-bond acceptors (Lipinski definition) is 1. The monoisotopic (exact) mass is 169 g/mol. The van der Waals surface area contributed by atoms with E-state index in [-0.39, 0.29) is 0 Å². The summed E-state index contributed by atoms with van der Waals surface area (Å²) < 4.78 is 0. The quantitative estimate of drug-likeness (QED) is 0.539. The second-order valence-corrected chi connectivity index (χ2v) is 5.36. The van der Waals surface area contributed by atoms with Crippen LogP contribution < -0.4 is 0 Å². The van der Waals surface area contributed by atoms with Gasteiger partial charge in [-0.15, -0.1) is 0 Å². The molecule has 2 atom stereocenters. The summed E-state index contributed by atoms with van der Waals surface area (Å²) in [5.74, 6) is 1.79. The van der Waals surface area contributed by atoms with E-state index in [1.165, 1.54) is 19.5 Å². The van der Waals surface area contributed by atoms with Crippen LogP contribution in [0.1, 0.15) is 41.0 Å². The summed E-state index contributed by atoms with van der Waals surface area (Å²) in [6.45, 7) is 14.3. The Morgan fingerprint density at radius 1 is 1.08 bits per heavy atom. The Morgan fingerprint density at radius 3 is 2.08 bits per heavy atom. The van der Waals surface area contributed by atoms with Crippen LogP contribution in [0.15, 0.2) is 0 Å². The fraction of sp³-hybridized carbons (Fsp3) is 1.00. The molecule has 72 valence electrons. The van der Waals surface area contributed by atoms with Crippen LogP contribution in [0.4, 0.5) is 0 Å². The van der Waals surface area contributed by atoms with Crippen molar-refractivity contribution in [3.63, 3.8) is 0 Å². The minimum Gasteiger partial charge on any atom is -0.298 e. The zero-order valence-corrected chi connectivity index (χ0v) is 9.22. The Balaban J connectivity index is 2.51. The summed E-state index contributed by atoms with van der Waals surface area (Å²) in [5.41, 5.74) is 0.369. The van der Waals surface area contributed by atoms with E-state index in [0.29, 0.717) is 5.54 Å². The molecule has 0 aromatic heterocycles. The lowest BCUT2D eigenvalue weighted by Gasteiger charge is -2.43.